The number of rotatable bonds is 8. The number of carbonyl (C=O) groups excluding carboxylic acids is 1. The van der Waals surface area contributed by atoms with Crippen LogP contribution in [0.25, 0.3) is 0 Å². The SMILES string of the molecule is CC(C)(C)C(=O)OC[N+]1(CCOCC2=CC=C(Cl)CC2(Cl)c2ccc(Cl)cc2Cl)C=CN=C1.[Cl-]. The lowest BCUT2D eigenvalue weighted by molar-refractivity contribution is -0.801. The maximum Gasteiger partial charge on any atom is 0.315 e. The van der Waals surface area contributed by atoms with Gasteiger partial charge in [-0.05, 0) is 50.1 Å². The van der Waals surface area contributed by atoms with E-state index in [4.69, 9.17) is 55.9 Å². The fraction of sp³-hybridized carbons (Fsp3) is 0.417. The first-order valence-electron chi connectivity index (χ1n) is 10.5. The van der Waals surface area contributed by atoms with Crippen molar-refractivity contribution < 1.29 is 31.2 Å². The number of hydrogen-bond donors (Lipinski definition) is 0. The van der Waals surface area contributed by atoms with Crippen molar-refractivity contribution in [1.29, 1.82) is 0 Å². The molecule has 1 heterocycles. The molecule has 3 rings (SSSR count). The smallest absolute Gasteiger partial charge is 0.315 e. The number of ether oxygens (including phenoxy) is 2. The van der Waals surface area contributed by atoms with E-state index in [0.29, 0.717) is 34.7 Å². The van der Waals surface area contributed by atoms with Crippen molar-refractivity contribution in [3.8, 4) is 0 Å². The van der Waals surface area contributed by atoms with Crippen LogP contribution >= 0.6 is 46.4 Å². The van der Waals surface area contributed by atoms with Gasteiger partial charge >= 0.3 is 5.97 Å². The number of halogens is 5. The maximum absolute atomic E-state index is 12.2. The molecule has 2 unspecified atom stereocenters. The summed E-state index contributed by atoms with van der Waals surface area (Å²) in [6, 6.07) is 5.23. The predicted octanol–water partition coefficient (Wildman–Crippen LogP) is 3.78. The highest BCUT2D eigenvalue weighted by atomic mass is 35.5. The van der Waals surface area contributed by atoms with Gasteiger partial charge in [-0.1, -0.05) is 46.9 Å². The fourth-order valence-electron chi connectivity index (χ4n) is 3.44. The van der Waals surface area contributed by atoms with Crippen LogP contribution in [-0.2, 0) is 19.1 Å². The van der Waals surface area contributed by atoms with E-state index in [2.05, 4.69) is 4.99 Å². The van der Waals surface area contributed by atoms with E-state index >= 15 is 0 Å². The van der Waals surface area contributed by atoms with Gasteiger partial charge in [0.2, 0.25) is 6.73 Å². The number of quaternary nitrogens is 1. The molecule has 0 radical (unpaired) electrons. The summed E-state index contributed by atoms with van der Waals surface area (Å²) in [6.07, 6.45) is 9.39. The van der Waals surface area contributed by atoms with Gasteiger partial charge in [0, 0.05) is 21.5 Å². The summed E-state index contributed by atoms with van der Waals surface area (Å²) < 4.78 is 11.8. The van der Waals surface area contributed by atoms with E-state index in [0.717, 1.165) is 11.1 Å². The quantitative estimate of drug-likeness (QED) is 0.208. The van der Waals surface area contributed by atoms with Gasteiger partial charge in [-0.3, -0.25) is 4.79 Å². The van der Waals surface area contributed by atoms with E-state index in [1.54, 1.807) is 24.7 Å². The number of allylic oxidation sites excluding steroid dienone is 3. The second-order valence-corrected chi connectivity index (χ2v) is 11.1. The van der Waals surface area contributed by atoms with Crippen molar-refractivity contribution in [2.45, 2.75) is 32.1 Å². The van der Waals surface area contributed by atoms with Crippen LogP contribution in [0.4, 0.5) is 0 Å². The second-order valence-electron chi connectivity index (χ2n) is 9.16. The molecule has 1 aliphatic heterocycles. The molecule has 186 valence electrons. The average Bonchev–Trinajstić information content (AvgIpc) is 3.19. The van der Waals surface area contributed by atoms with Crippen molar-refractivity contribution in [1.82, 2.24) is 0 Å². The Morgan fingerprint density at radius 3 is 2.56 bits per heavy atom. The minimum atomic E-state index is -0.934. The Bertz CT molecular complexity index is 1020. The number of aliphatic imine (C=N–C) groups is 1. The van der Waals surface area contributed by atoms with Crippen LogP contribution < -0.4 is 12.4 Å². The number of carbonyl (C=O) groups is 1. The first-order valence-corrected chi connectivity index (χ1v) is 12.0. The maximum atomic E-state index is 12.2. The minimum absolute atomic E-state index is 0. The van der Waals surface area contributed by atoms with Crippen molar-refractivity contribution in [3.05, 3.63) is 69.0 Å². The minimum Gasteiger partial charge on any atom is -1.00 e. The first kappa shape index (κ1) is 29.2. The molecule has 0 N–H and O–H groups in total. The van der Waals surface area contributed by atoms with Crippen molar-refractivity contribution >= 4 is 58.7 Å². The number of benzene rings is 1. The lowest BCUT2D eigenvalue weighted by Gasteiger charge is -2.34. The standard InChI is InChI=1S/C24H27Cl4N2O3.ClH/c1-23(2,3)22(31)33-16-30(9-8-29-15-30)10-11-32-14-17-4-5-19(26)13-24(17,28)20-7-6-18(25)12-21(20)27;/h4-9,12,15H,10-11,13-14,16H2,1-3H3;1H/q+1;/p-1. The molecule has 0 amide bonds. The summed E-state index contributed by atoms with van der Waals surface area (Å²) in [4.78, 5) is 15.4. The van der Waals surface area contributed by atoms with Crippen LogP contribution in [0.5, 0.6) is 0 Å². The zero-order valence-electron chi connectivity index (χ0n) is 19.2. The number of esters is 1. The van der Waals surface area contributed by atoms with Gasteiger partial charge in [0.15, 0.2) is 6.34 Å². The lowest BCUT2D eigenvalue weighted by atomic mass is 9.84. The molecule has 10 heteroatoms. The third kappa shape index (κ3) is 7.01. The van der Waals surface area contributed by atoms with Crippen molar-refractivity contribution in [3.63, 3.8) is 0 Å². The van der Waals surface area contributed by atoms with Crippen molar-refractivity contribution in [2.24, 2.45) is 10.4 Å². The molecule has 2 aliphatic rings. The van der Waals surface area contributed by atoms with Gasteiger partial charge in [-0.2, -0.15) is 0 Å². The molecular formula is C24H27Cl5N2O3. The highest BCUT2D eigenvalue weighted by Gasteiger charge is 2.38. The van der Waals surface area contributed by atoms with E-state index in [1.165, 1.54) is 0 Å². The van der Waals surface area contributed by atoms with Crippen LogP contribution in [0.15, 0.2) is 58.3 Å². The molecule has 1 aromatic carbocycles. The van der Waals surface area contributed by atoms with Crippen LogP contribution in [-0.4, -0.2) is 43.3 Å². The summed E-state index contributed by atoms with van der Waals surface area (Å²) in [7, 11) is 0. The summed E-state index contributed by atoms with van der Waals surface area (Å²) in [5, 5.41) is 1.63. The fourth-order valence-corrected chi connectivity index (χ4v) is 4.81. The molecule has 0 aromatic heterocycles. The van der Waals surface area contributed by atoms with Gasteiger partial charge in [-0.15, -0.1) is 11.6 Å². The highest BCUT2D eigenvalue weighted by molar-refractivity contribution is 6.37. The molecule has 1 aliphatic carbocycles. The monoisotopic (exact) mass is 566 g/mol. The molecule has 0 fully saturated rings. The zero-order valence-corrected chi connectivity index (χ0v) is 22.9. The van der Waals surface area contributed by atoms with Gasteiger partial charge in [0.1, 0.15) is 12.7 Å². The van der Waals surface area contributed by atoms with Crippen LogP contribution in [0.1, 0.15) is 32.8 Å². The number of hydrogen-bond acceptors (Lipinski definition) is 4. The normalized spacial score (nSPS) is 23.9. The zero-order chi connectivity index (χ0) is 24.3. The molecule has 0 spiro atoms. The lowest BCUT2D eigenvalue weighted by Crippen LogP contribution is -3.00. The van der Waals surface area contributed by atoms with Crippen molar-refractivity contribution in [2.75, 3.05) is 26.5 Å². The molecule has 2 atom stereocenters. The number of nitrogens with zero attached hydrogens (tertiary/aromatic N) is 2. The average molecular weight is 569 g/mol. The third-order valence-electron chi connectivity index (χ3n) is 5.45. The molecule has 34 heavy (non-hydrogen) atoms. The summed E-state index contributed by atoms with van der Waals surface area (Å²) in [5.41, 5.74) is 0.994. The first-order chi connectivity index (χ1) is 15.5. The molecule has 0 bridgehead atoms. The Morgan fingerprint density at radius 1 is 1.21 bits per heavy atom. The Balaban J connectivity index is 0.00000408. The van der Waals surface area contributed by atoms with E-state index in [-0.39, 0.29) is 36.2 Å². The van der Waals surface area contributed by atoms with E-state index in [9.17, 15) is 4.79 Å². The summed E-state index contributed by atoms with van der Waals surface area (Å²) in [6.45, 7) is 6.83. The number of alkyl halides is 1. The topological polar surface area (TPSA) is 47.9 Å². The van der Waals surface area contributed by atoms with E-state index < -0.39 is 10.3 Å². The predicted molar refractivity (Wildman–Crippen MR) is 135 cm³/mol. The van der Waals surface area contributed by atoms with Crippen LogP contribution in [0.2, 0.25) is 10.0 Å². The molecule has 1 aromatic rings. The molecule has 0 saturated heterocycles. The van der Waals surface area contributed by atoms with E-state index in [1.807, 2.05) is 45.2 Å². The Morgan fingerprint density at radius 2 is 1.94 bits per heavy atom. The van der Waals surface area contributed by atoms with Gasteiger partial charge in [-0.25, -0.2) is 9.48 Å². The molecule has 5 nitrogen and oxygen atoms in total. The Hall–Kier alpha value is -1.05. The van der Waals surface area contributed by atoms with Gasteiger partial charge < -0.3 is 21.9 Å². The summed E-state index contributed by atoms with van der Waals surface area (Å²) >= 11 is 25.9. The van der Waals surface area contributed by atoms with Crippen LogP contribution in [0.3, 0.4) is 0 Å². The highest BCUT2D eigenvalue weighted by Crippen LogP contribution is 2.48. The third-order valence-corrected chi connectivity index (χ3v) is 6.84. The van der Waals surface area contributed by atoms with Gasteiger partial charge in [0.25, 0.3) is 0 Å². The second kappa shape index (κ2) is 11.8. The van der Waals surface area contributed by atoms with Gasteiger partial charge in [0.05, 0.1) is 29.7 Å². The Labute approximate surface area is 227 Å². The molecule has 0 saturated carbocycles. The van der Waals surface area contributed by atoms with Crippen LogP contribution in [0, 0.1) is 5.41 Å². The largest absolute Gasteiger partial charge is 1.00 e. The molecular weight excluding hydrogens is 542 g/mol. The Kier molecular flexibility index (Phi) is 10.1. The summed E-state index contributed by atoms with van der Waals surface area (Å²) in [5.74, 6) is -0.266.